The summed E-state index contributed by atoms with van der Waals surface area (Å²) in [5.74, 6) is -1.87. The molecule has 2 atom stereocenters. The highest BCUT2D eigenvalue weighted by Crippen LogP contribution is 2.23. The lowest BCUT2D eigenvalue weighted by atomic mass is 10.0. The molecule has 1 aromatic heterocycles. The van der Waals surface area contributed by atoms with Crippen molar-refractivity contribution in [1.82, 2.24) is 9.88 Å². The molecule has 2 rings (SSSR count). The molecular weight excluding hydrogens is 284 g/mol. The maximum Gasteiger partial charge on any atom is 0.311 e. The lowest BCUT2D eigenvalue weighted by Crippen LogP contribution is -2.47. The number of nitrogens with zero attached hydrogens (tertiary/aromatic N) is 1. The fraction of sp³-hybridized carbons (Fsp3) is 0.538. The van der Waals surface area contributed by atoms with Crippen LogP contribution < -0.4 is 0 Å². The Morgan fingerprint density at radius 1 is 1.55 bits per heavy atom. The molecule has 2 heterocycles. The van der Waals surface area contributed by atoms with Gasteiger partial charge in [0.15, 0.2) is 0 Å². The lowest BCUT2D eigenvalue weighted by Gasteiger charge is -2.29. The Balaban J connectivity index is 2.22. The second-order valence-corrected chi connectivity index (χ2v) is 5.22. The number of aromatic nitrogens is 1. The zero-order valence-corrected chi connectivity index (χ0v) is 11.9. The maximum absolute atomic E-state index is 12.5. The van der Waals surface area contributed by atoms with Gasteiger partial charge >= 0.3 is 5.97 Å². The van der Waals surface area contributed by atoms with Crippen LogP contribution >= 0.6 is 11.6 Å². The summed E-state index contributed by atoms with van der Waals surface area (Å²) in [6, 6.07) is 1.10. The number of rotatable bonds is 5. The number of carbonyl (C=O) groups excluding carboxylic acids is 1. The van der Waals surface area contributed by atoms with Gasteiger partial charge < -0.3 is 19.7 Å². The molecule has 1 aliphatic rings. The highest BCUT2D eigenvalue weighted by atomic mass is 35.5. The first-order chi connectivity index (χ1) is 9.54. The molecule has 110 valence electrons. The van der Waals surface area contributed by atoms with Gasteiger partial charge in [0.05, 0.1) is 24.3 Å². The van der Waals surface area contributed by atoms with Crippen molar-refractivity contribution in [3.63, 3.8) is 0 Å². The third-order valence-corrected chi connectivity index (χ3v) is 3.59. The number of halogens is 1. The first-order valence-electron chi connectivity index (χ1n) is 6.50. The number of nitrogens with one attached hydrogen (secondary N) is 1. The van der Waals surface area contributed by atoms with E-state index >= 15 is 0 Å². The van der Waals surface area contributed by atoms with E-state index in [2.05, 4.69) is 4.98 Å². The van der Waals surface area contributed by atoms with Crippen molar-refractivity contribution in [1.29, 1.82) is 0 Å². The monoisotopic (exact) mass is 300 g/mol. The van der Waals surface area contributed by atoms with Crippen LogP contribution in [0.15, 0.2) is 12.3 Å². The van der Waals surface area contributed by atoms with Crippen molar-refractivity contribution < 1.29 is 19.4 Å². The molecule has 2 N–H and O–H groups in total. The van der Waals surface area contributed by atoms with Crippen LogP contribution in [0, 0.1) is 5.92 Å². The molecule has 1 aromatic rings. The van der Waals surface area contributed by atoms with E-state index in [4.69, 9.17) is 16.3 Å². The van der Waals surface area contributed by atoms with Gasteiger partial charge in [-0.3, -0.25) is 9.59 Å². The van der Waals surface area contributed by atoms with Crippen LogP contribution in [0.3, 0.4) is 0 Å². The number of amides is 1. The van der Waals surface area contributed by atoms with Crippen molar-refractivity contribution >= 4 is 23.5 Å². The SMILES string of the molecule is CCCN(C(=O)c1cc(Cl)c[nH]1)C1COCC1C(=O)O. The first kappa shape index (κ1) is 14.9. The molecule has 1 aliphatic heterocycles. The molecule has 1 saturated heterocycles. The first-order valence-corrected chi connectivity index (χ1v) is 6.87. The average molecular weight is 301 g/mol. The minimum Gasteiger partial charge on any atom is -0.481 e. The summed E-state index contributed by atoms with van der Waals surface area (Å²) in [7, 11) is 0. The highest BCUT2D eigenvalue weighted by molar-refractivity contribution is 6.30. The molecule has 6 nitrogen and oxygen atoms in total. The van der Waals surface area contributed by atoms with E-state index in [9.17, 15) is 14.7 Å². The van der Waals surface area contributed by atoms with Crippen LogP contribution in [0.4, 0.5) is 0 Å². The number of hydrogen-bond donors (Lipinski definition) is 2. The van der Waals surface area contributed by atoms with Gasteiger partial charge in [-0.05, 0) is 12.5 Å². The smallest absolute Gasteiger partial charge is 0.311 e. The van der Waals surface area contributed by atoms with E-state index in [0.717, 1.165) is 6.42 Å². The molecule has 0 spiro atoms. The van der Waals surface area contributed by atoms with Crippen LogP contribution in [0.25, 0.3) is 0 Å². The van der Waals surface area contributed by atoms with Crippen LogP contribution in [0.2, 0.25) is 5.02 Å². The van der Waals surface area contributed by atoms with Gasteiger partial charge in [-0.2, -0.15) is 0 Å². The molecule has 0 aliphatic carbocycles. The Hall–Kier alpha value is -1.53. The Morgan fingerprint density at radius 3 is 2.85 bits per heavy atom. The number of hydrogen-bond acceptors (Lipinski definition) is 3. The lowest BCUT2D eigenvalue weighted by molar-refractivity contribution is -0.142. The predicted molar refractivity (Wildman–Crippen MR) is 72.9 cm³/mol. The number of ether oxygens (including phenoxy) is 1. The maximum atomic E-state index is 12.5. The number of aliphatic carboxylic acids is 1. The molecule has 2 unspecified atom stereocenters. The summed E-state index contributed by atoms with van der Waals surface area (Å²) < 4.78 is 5.24. The van der Waals surface area contributed by atoms with E-state index in [-0.39, 0.29) is 19.1 Å². The van der Waals surface area contributed by atoms with E-state index < -0.39 is 17.9 Å². The average Bonchev–Trinajstić information content (AvgIpc) is 3.03. The topological polar surface area (TPSA) is 82.6 Å². The zero-order chi connectivity index (χ0) is 14.7. The number of carbonyl (C=O) groups is 2. The van der Waals surface area contributed by atoms with Crippen molar-refractivity contribution in [3.8, 4) is 0 Å². The minimum absolute atomic E-state index is 0.138. The van der Waals surface area contributed by atoms with E-state index in [1.165, 1.54) is 12.3 Å². The Kier molecular flexibility index (Phi) is 4.67. The molecule has 7 heteroatoms. The van der Waals surface area contributed by atoms with Gasteiger partial charge in [0, 0.05) is 12.7 Å². The molecule has 1 fully saturated rings. The standard InChI is InChI=1S/C13H17ClN2O4/c1-2-3-16(11-7-20-6-9(11)13(18)19)12(17)10-4-8(14)5-15-10/h4-5,9,11,15H,2-3,6-7H2,1H3,(H,18,19). The van der Waals surface area contributed by atoms with Gasteiger partial charge in [0.25, 0.3) is 5.91 Å². The van der Waals surface area contributed by atoms with Gasteiger partial charge in [-0.15, -0.1) is 0 Å². The second-order valence-electron chi connectivity index (χ2n) is 4.78. The van der Waals surface area contributed by atoms with Crippen LogP contribution in [-0.2, 0) is 9.53 Å². The molecule has 0 radical (unpaired) electrons. The summed E-state index contributed by atoms with van der Waals surface area (Å²) in [5, 5.41) is 9.66. The second kappa shape index (κ2) is 6.28. The summed E-state index contributed by atoms with van der Waals surface area (Å²) in [4.78, 5) is 28.1. The van der Waals surface area contributed by atoms with E-state index in [0.29, 0.717) is 17.3 Å². The summed E-state index contributed by atoms with van der Waals surface area (Å²) in [6.45, 7) is 2.80. The normalized spacial score (nSPS) is 21.9. The third-order valence-electron chi connectivity index (χ3n) is 3.37. The molecule has 1 amide bonds. The van der Waals surface area contributed by atoms with E-state index in [1.807, 2.05) is 6.92 Å². The molecule has 20 heavy (non-hydrogen) atoms. The van der Waals surface area contributed by atoms with Gasteiger partial charge in [-0.25, -0.2) is 0 Å². The van der Waals surface area contributed by atoms with Crippen molar-refractivity contribution in [2.45, 2.75) is 19.4 Å². The molecule has 0 aromatic carbocycles. The Bertz CT molecular complexity index is 502. The van der Waals surface area contributed by atoms with Crippen molar-refractivity contribution in [3.05, 3.63) is 23.0 Å². The Labute approximate surface area is 121 Å². The zero-order valence-electron chi connectivity index (χ0n) is 11.1. The van der Waals surface area contributed by atoms with Gasteiger partial charge in [0.1, 0.15) is 11.6 Å². The van der Waals surface area contributed by atoms with Crippen LogP contribution in [-0.4, -0.2) is 52.7 Å². The summed E-state index contributed by atoms with van der Waals surface area (Å²) >= 11 is 5.80. The summed E-state index contributed by atoms with van der Waals surface area (Å²) in [6.07, 6.45) is 2.27. The number of carboxylic acids is 1. The van der Waals surface area contributed by atoms with E-state index in [1.54, 1.807) is 4.90 Å². The van der Waals surface area contributed by atoms with Crippen LogP contribution in [0.5, 0.6) is 0 Å². The quantitative estimate of drug-likeness (QED) is 0.865. The third kappa shape index (κ3) is 2.96. The molecule has 0 saturated carbocycles. The number of carboxylic acid groups (broad SMARTS) is 1. The summed E-state index contributed by atoms with van der Waals surface area (Å²) in [5.41, 5.74) is 0.361. The molecular formula is C13H17ClN2O4. The largest absolute Gasteiger partial charge is 0.481 e. The molecule has 0 bridgehead atoms. The fourth-order valence-corrected chi connectivity index (χ4v) is 2.55. The number of aromatic amines is 1. The fourth-order valence-electron chi connectivity index (χ4n) is 2.39. The minimum atomic E-state index is -0.939. The van der Waals surface area contributed by atoms with Crippen molar-refractivity contribution in [2.75, 3.05) is 19.8 Å². The Morgan fingerprint density at radius 2 is 2.30 bits per heavy atom. The highest BCUT2D eigenvalue weighted by Gasteiger charge is 2.40. The van der Waals surface area contributed by atoms with Crippen LogP contribution in [0.1, 0.15) is 23.8 Å². The van der Waals surface area contributed by atoms with Gasteiger partial charge in [-0.1, -0.05) is 18.5 Å². The number of H-pyrrole nitrogens is 1. The predicted octanol–water partition coefficient (Wildman–Crippen LogP) is 1.62. The van der Waals surface area contributed by atoms with Crippen molar-refractivity contribution in [2.24, 2.45) is 5.92 Å². The van der Waals surface area contributed by atoms with Gasteiger partial charge in [0.2, 0.25) is 0 Å².